The highest BCUT2D eigenvalue weighted by atomic mass is 16.5. The van der Waals surface area contributed by atoms with Crippen LogP contribution < -0.4 is 15.5 Å². The fourth-order valence-corrected chi connectivity index (χ4v) is 3.98. The van der Waals surface area contributed by atoms with E-state index in [-0.39, 0.29) is 17.3 Å². The molecule has 0 saturated heterocycles. The number of esters is 1. The third-order valence-corrected chi connectivity index (χ3v) is 5.72. The molecule has 1 aliphatic carbocycles. The van der Waals surface area contributed by atoms with Gasteiger partial charge in [-0.25, -0.2) is 4.79 Å². The summed E-state index contributed by atoms with van der Waals surface area (Å²) in [7, 11) is 1.60. The Morgan fingerprint density at radius 2 is 1.81 bits per heavy atom. The zero-order chi connectivity index (χ0) is 25.7. The van der Waals surface area contributed by atoms with Crippen molar-refractivity contribution < 1.29 is 23.5 Å². The first kappa shape index (κ1) is 25.0. The number of carbonyl (C=O) groups excluding carboxylic acids is 2. The van der Waals surface area contributed by atoms with E-state index in [9.17, 15) is 14.4 Å². The third kappa shape index (κ3) is 5.57. The van der Waals surface area contributed by atoms with Gasteiger partial charge in [-0.05, 0) is 48.2 Å². The van der Waals surface area contributed by atoms with Crippen LogP contribution in [0.2, 0.25) is 0 Å². The lowest BCUT2D eigenvalue weighted by Gasteiger charge is -2.18. The summed E-state index contributed by atoms with van der Waals surface area (Å²) in [5.74, 6) is 0.757. The number of nitrogens with one attached hydrogen (secondary N) is 1. The fourth-order valence-electron chi connectivity index (χ4n) is 3.98. The van der Waals surface area contributed by atoms with Crippen LogP contribution >= 0.6 is 0 Å². The maximum absolute atomic E-state index is 13.0. The van der Waals surface area contributed by atoms with Gasteiger partial charge < -0.3 is 19.2 Å². The molecular weight excluding hydrogens is 458 g/mol. The van der Waals surface area contributed by atoms with E-state index in [4.69, 9.17) is 13.9 Å². The second kappa shape index (κ2) is 11.1. The van der Waals surface area contributed by atoms with Crippen molar-refractivity contribution in [1.82, 2.24) is 5.32 Å². The van der Waals surface area contributed by atoms with Crippen molar-refractivity contribution in [3.63, 3.8) is 0 Å². The highest BCUT2D eigenvalue weighted by molar-refractivity contribution is 6.07. The van der Waals surface area contributed by atoms with Crippen molar-refractivity contribution in [2.24, 2.45) is 5.92 Å². The average Bonchev–Trinajstić information content (AvgIpc) is 2.88. The first-order valence-corrected chi connectivity index (χ1v) is 12.0. The molecule has 0 saturated carbocycles. The molecule has 7 heteroatoms. The zero-order valence-electron chi connectivity index (χ0n) is 20.6. The van der Waals surface area contributed by atoms with E-state index in [1.165, 1.54) is 12.1 Å². The Balaban J connectivity index is 1.79. The Hall–Kier alpha value is -4.13. The fraction of sp³-hybridized carbons (Fsp3) is 0.276. The lowest BCUT2D eigenvalue weighted by Crippen LogP contribution is -2.18. The molecule has 4 rings (SSSR count). The Kier molecular flexibility index (Phi) is 7.68. The highest BCUT2D eigenvalue weighted by Gasteiger charge is 2.22. The van der Waals surface area contributed by atoms with Gasteiger partial charge in [0.25, 0.3) is 0 Å². The van der Waals surface area contributed by atoms with Crippen LogP contribution in [0.1, 0.15) is 37.0 Å². The normalized spacial score (nSPS) is 11.1. The van der Waals surface area contributed by atoms with Crippen LogP contribution in [0.5, 0.6) is 5.75 Å². The van der Waals surface area contributed by atoms with Crippen LogP contribution in [0.25, 0.3) is 33.4 Å². The van der Waals surface area contributed by atoms with Gasteiger partial charge >= 0.3 is 5.97 Å². The first-order valence-electron chi connectivity index (χ1n) is 12.0. The van der Waals surface area contributed by atoms with E-state index in [1.807, 2.05) is 38.1 Å². The van der Waals surface area contributed by atoms with Gasteiger partial charge in [-0.3, -0.25) is 9.59 Å². The van der Waals surface area contributed by atoms with E-state index < -0.39 is 5.97 Å². The number of carbonyl (C=O) groups is 2. The summed E-state index contributed by atoms with van der Waals surface area (Å²) in [4.78, 5) is 36.5. The van der Waals surface area contributed by atoms with Crippen molar-refractivity contribution in [2.45, 2.75) is 26.7 Å². The molecule has 0 fully saturated rings. The van der Waals surface area contributed by atoms with Gasteiger partial charge in [0, 0.05) is 42.1 Å². The maximum Gasteiger partial charge on any atom is 0.338 e. The lowest BCUT2D eigenvalue weighted by atomic mass is 9.91. The predicted molar refractivity (Wildman–Crippen MR) is 138 cm³/mol. The van der Waals surface area contributed by atoms with Gasteiger partial charge in [-0.1, -0.05) is 32.0 Å². The van der Waals surface area contributed by atoms with Crippen LogP contribution in [0.15, 0.2) is 69.9 Å². The molecule has 186 valence electrons. The molecule has 1 aliphatic heterocycles. The van der Waals surface area contributed by atoms with E-state index in [0.717, 1.165) is 10.9 Å². The van der Waals surface area contributed by atoms with E-state index in [2.05, 4.69) is 5.32 Å². The van der Waals surface area contributed by atoms with Crippen LogP contribution in [0.4, 0.5) is 0 Å². The van der Waals surface area contributed by atoms with Crippen LogP contribution in [0, 0.1) is 5.92 Å². The summed E-state index contributed by atoms with van der Waals surface area (Å²) in [6, 6.07) is 17.4. The predicted octanol–water partition coefficient (Wildman–Crippen LogP) is 5.28. The van der Waals surface area contributed by atoms with Gasteiger partial charge in [-0.15, -0.1) is 0 Å². The molecule has 2 aromatic rings. The molecule has 0 aromatic heterocycles. The van der Waals surface area contributed by atoms with Crippen molar-refractivity contribution >= 4 is 22.8 Å². The Bertz CT molecular complexity index is 1420. The Morgan fingerprint density at radius 3 is 2.58 bits per heavy atom. The number of fused-ring (bicyclic) bond motifs is 2. The van der Waals surface area contributed by atoms with Gasteiger partial charge in [0.15, 0.2) is 5.43 Å². The van der Waals surface area contributed by atoms with Gasteiger partial charge in [-0.2, -0.15) is 0 Å². The van der Waals surface area contributed by atoms with Crippen molar-refractivity contribution in [3.8, 4) is 28.2 Å². The van der Waals surface area contributed by atoms with E-state index >= 15 is 0 Å². The quantitative estimate of drug-likeness (QED) is 0.196. The number of hydrogen-bond donors (Lipinski definition) is 1. The summed E-state index contributed by atoms with van der Waals surface area (Å²) >= 11 is 0. The SMILES string of the molecule is CNC(=O)CCCOc1ccc2c(-c3ccccc3C(=O)OCC(C)C)c3ccc(=O)cc-3oc2c1. The van der Waals surface area contributed by atoms with E-state index in [1.54, 1.807) is 31.3 Å². The topological polar surface area (TPSA) is 94.8 Å². The minimum absolute atomic E-state index is 0.0396. The van der Waals surface area contributed by atoms with Crippen molar-refractivity contribution in [2.75, 3.05) is 20.3 Å². The summed E-state index contributed by atoms with van der Waals surface area (Å²) < 4.78 is 17.5. The molecule has 1 amide bonds. The first-order chi connectivity index (χ1) is 17.4. The lowest BCUT2D eigenvalue weighted by molar-refractivity contribution is -0.120. The summed E-state index contributed by atoms with van der Waals surface area (Å²) in [6.45, 7) is 4.66. The molecular formula is C29H29NO6. The second-order valence-electron chi connectivity index (χ2n) is 8.96. The molecule has 1 N–H and O–H groups in total. The molecule has 2 aromatic carbocycles. The second-order valence-corrected chi connectivity index (χ2v) is 8.96. The molecule has 2 aliphatic rings. The summed E-state index contributed by atoms with van der Waals surface area (Å²) in [5, 5.41) is 3.36. The Labute approximate surface area is 209 Å². The van der Waals surface area contributed by atoms with Gasteiger partial charge in [0.2, 0.25) is 5.91 Å². The smallest absolute Gasteiger partial charge is 0.338 e. The van der Waals surface area contributed by atoms with Crippen LogP contribution in [0.3, 0.4) is 0 Å². The summed E-state index contributed by atoms with van der Waals surface area (Å²) in [5.41, 5.74) is 2.95. The standard InChI is InChI=1S/C29H29NO6/c1-18(2)17-35-29(33)22-8-5-4-7-21(22)28-23-12-10-19(31)15-25(23)36-26-16-20(11-13-24(26)28)34-14-6-9-27(32)30-3/h4-5,7-8,10-13,15-16,18H,6,9,14,17H2,1-3H3,(H,30,32). The van der Waals surface area contributed by atoms with E-state index in [0.29, 0.717) is 59.8 Å². The number of hydrogen-bond acceptors (Lipinski definition) is 6. The molecule has 1 heterocycles. The minimum Gasteiger partial charge on any atom is -0.493 e. The molecule has 0 unspecified atom stereocenters. The number of amides is 1. The average molecular weight is 488 g/mol. The van der Waals surface area contributed by atoms with Crippen LogP contribution in [-0.2, 0) is 9.53 Å². The van der Waals surface area contributed by atoms with Crippen molar-refractivity contribution in [3.05, 3.63) is 76.5 Å². The number of rotatable bonds is 9. The summed E-state index contributed by atoms with van der Waals surface area (Å²) in [6.07, 6.45) is 0.947. The molecule has 0 spiro atoms. The molecule has 0 radical (unpaired) electrons. The number of benzene rings is 3. The minimum atomic E-state index is -0.405. The highest BCUT2D eigenvalue weighted by Crippen LogP contribution is 2.42. The largest absolute Gasteiger partial charge is 0.493 e. The van der Waals surface area contributed by atoms with Crippen LogP contribution in [-0.4, -0.2) is 32.1 Å². The molecule has 7 nitrogen and oxygen atoms in total. The molecule has 36 heavy (non-hydrogen) atoms. The number of ether oxygens (including phenoxy) is 2. The zero-order valence-corrected chi connectivity index (χ0v) is 20.6. The van der Waals surface area contributed by atoms with Gasteiger partial charge in [0.05, 0.1) is 18.8 Å². The third-order valence-electron chi connectivity index (χ3n) is 5.72. The molecule has 0 atom stereocenters. The van der Waals surface area contributed by atoms with Gasteiger partial charge in [0.1, 0.15) is 17.1 Å². The monoisotopic (exact) mass is 487 g/mol. The maximum atomic E-state index is 13.0. The Morgan fingerprint density at radius 1 is 1.00 bits per heavy atom. The van der Waals surface area contributed by atoms with Crippen molar-refractivity contribution in [1.29, 1.82) is 0 Å². The molecule has 0 bridgehead atoms.